The SMILES string of the molecule is Cc1cc(-c2[c-]cccc2)ncc1[Si](C)(C)C.[2H]C(C)(c1ccnc(-c2[c-]ccc3c2sc2c3ccc3cccc(C)c32)c1)C1CCC1.[Ir]. The molecular weight excluding hydrogens is 797 g/mol. The molecule has 3 aromatic heterocycles. The van der Waals surface area contributed by atoms with Gasteiger partial charge < -0.3 is 9.97 Å². The van der Waals surface area contributed by atoms with Gasteiger partial charge in [0.1, 0.15) is 0 Å². The zero-order valence-electron chi connectivity index (χ0n) is 29.6. The van der Waals surface area contributed by atoms with Crippen LogP contribution >= 0.6 is 11.3 Å². The molecule has 8 rings (SSSR count). The molecule has 0 saturated heterocycles. The standard InChI is InChI=1S/C28H24NS.C15H18NSi.Ir/c1-17-6-3-9-20-12-13-23-22-10-5-11-24(27(22)30-28(23)26(17)20)25-16-21(14-15-29-25)18(2)19-7-4-8-19;1-12-10-14(13-8-6-5-7-9-13)16-11-15(12)17(2,3)4;/h3,5-6,9-10,12-16,18-19H,4,7-8H2,1-2H3;5-8,10-11H,1-4H3;/q2*-1;/i18D;;. The van der Waals surface area contributed by atoms with Gasteiger partial charge in [0.15, 0.2) is 0 Å². The summed E-state index contributed by atoms with van der Waals surface area (Å²) < 4.78 is 11.6. The molecule has 0 bridgehead atoms. The molecule has 2 nitrogen and oxygen atoms in total. The zero-order valence-corrected chi connectivity index (χ0v) is 32.8. The molecule has 0 spiro atoms. The van der Waals surface area contributed by atoms with Crippen LogP contribution in [0.1, 0.15) is 50.1 Å². The Labute approximate surface area is 305 Å². The van der Waals surface area contributed by atoms with Crippen LogP contribution in [-0.2, 0) is 20.1 Å². The molecule has 1 fully saturated rings. The summed E-state index contributed by atoms with van der Waals surface area (Å²) in [4.78, 5) is 9.30. The topological polar surface area (TPSA) is 25.8 Å². The smallest absolute Gasteiger partial charge is 0.0798 e. The first-order chi connectivity index (χ1) is 23.0. The average molecular weight is 840 g/mol. The van der Waals surface area contributed by atoms with E-state index in [0.717, 1.165) is 40.9 Å². The summed E-state index contributed by atoms with van der Waals surface area (Å²) in [6.45, 7) is 13.5. The van der Waals surface area contributed by atoms with Crippen molar-refractivity contribution < 1.29 is 21.5 Å². The van der Waals surface area contributed by atoms with Crippen LogP contribution in [0.15, 0.2) is 97.3 Å². The minimum Gasteiger partial charge on any atom is -0.305 e. The van der Waals surface area contributed by atoms with E-state index in [4.69, 9.17) is 6.35 Å². The number of hydrogen-bond acceptors (Lipinski definition) is 3. The van der Waals surface area contributed by atoms with Gasteiger partial charge in [0.25, 0.3) is 0 Å². The molecule has 3 heterocycles. The Bertz CT molecular complexity index is 2270. The third-order valence-electron chi connectivity index (χ3n) is 9.74. The van der Waals surface area contributed by atoms with Crippen molar-refractivity contribution in [3.8, 4) is 22.5 Å². The van der Waals surface area contributed by atoms with E-state index in [1.807, 2.05) is 47.9 Å². The van der Waals surface area contributed by atoms with Crippen molar-refractivity contribution in [2.24, 2.45) is 5.92 Å². The molecule has 1 saturated carbocycles. The van der Waals surface area contributed by atoms with Crippen LogP contribution in [0.3, 0.4) is 0 Å². The number of nitrogens with zero attached hydrogens (tertiary/aromatic N) is 2. The molecule has 48 heavy (non-hydrogen) atoms. The summed E-state index contributed by atoms with van der Waals surface area (Å²) in [6.07, 6.45) is 7.48. The van der Waals surface area contributed by atoms with Gasteiger partial charge in [0, 0.05) is 44.0 Å². The third kappa shape index (κ3) is 6.71. The fraction of sp³-hybridized carbons (Fsp3) is 0.256. The summed E-state index contributed by atoms with van der Waals surface area (Å²) in [5.74, 6) is -0.113. The van der Waals surface area contributed by atoms with E-state index >= 15 is 0 Å². The first-order valence-corrected chi connectivity index (χ1v) is 21.0. The van der Waals surface area contributed by atoms with Gasteiger partial charge >= 0.3 is 0 Å². The summed E-state index contributed by atoms with van der Waals surface area (Å²) in [5, 5.41) is 6.64. The normalized spacial score (nSPS) is 14.8. The number of fused-ring (bicyclic) bond motifs is 5. The van der Waals surface area contributed by atoms with E-state index in [-0.39, 0.29) is 20.1 Å². The maximum absolute atomic E-state index is 9.01. The Morgan fingerprint density at radius 2 is 1.65 bits per heavy atom. The number of aromatic nitrogens is 2. The number of aryl methyl sites for hydroxylation is 2. The van der Waals surface area contributed by atoms with Gasteiger partial charge in [-0.15, -0.1) is 59.7 Å². The predicted octanol–water partition coefficient (Wildman–Crippen LogP) is 11.7. The van der Waals surface area contributed by atoms with E-state index in [0.29, 0.717) is 5.92 Å². The quantitative estimate of drug-likeness (QED) is 0.127. The molecule has 0 aliphatic heterocycles. The van der Waals surface area contributed by atoms with Crippen molar-refractivity contribution in [1.29, 1.82) is 0 Å². The Kier molecular flexibility index (Phi) is 9.76. The van der Waals surface area contributed by atoms with E-state index in [1.54, 1.807) is 0 Å². The van der Waals surface area contributed by atoms with Gasteiger partial charge in [0.05, 0.1) is 8.07 Å². The molecule has 1 aliphatic rings. The zero-order chi connectivity index (χ0) is 33.6. The van der Waals surface area contributed by atoms with E-state index < -0.39 is 14.0 Å². The Morgan fingerprint density at radius 1 is 0.833 bits per heavy atom. The molecule has 1 radical (unpaired) electrons. The molecular formula is C43H42IrN2SSi-2. The van der Waals surface area contributed by atoms with Gasteiger partial charge in [0.2, 0.25) is 0 Å². The Hall–Kier alpha value is -3.47. The Balaban J connectivity index is 0.000000198. The largest absolute Gasteiger partial charge is 0.305 e. The molecule has 0 N–H and O–H groups in total. The number of benzene rings is 4. The van der Waals surface area contributed by atoms with Crippen LogP contribution in [0.5, 0.6) is 0 Å². The Morgan fingerprint density at radius 3 is 2.35 bits per heavy atom. The minimum absolute atomic E-state index is 0. The summed E-state index contributed by atoms with van der Waals surface area (Å²) in [6, 6.07) is 36.2. The molecule has 1 unspecified atom stereocenters. The van der Waals surface area contributed by atoms with Crippen molar-refractivity contribution >= 4 is 55.5 Å². The third-order valence-corrected chi connectivity index (χ3v) is 13.1. The maximum atomic E-state index is 9.01. The van der Waals surface area contributed by atoms with Crippen molar-refractivity contribution in [2.75, 3.05) is 0 Å². The number of pyridine rings is 2. The molecule has 1 atom stereocenters. The fourth-order valence-corrected chi connectivity index (χ4v) is 10.00. The van der Waals surface area contributed by atoms with Crippen molar-refractivity contribution in [3.63, 3.8) is 0 Å². The number of rotatable bonds is 5. The van der Waals surface area contributed by atoms with Crippen LogP contribution in [0.2, 0.25) is 19.6 Å². The van der Waals surface area contributed by atoms with E-state index in [2.05, 4.69) is 118 Å². The summed E-state index contributed by atoms with van der Waals surface area (Å²) in [7, 11) is -1.27. The molecule has 245 valence electrons. The number of thiophene rings is 1. The van der Waals surface area contributed by atoms with Crippen LogP contribution in [0, 0.1) is 31.9 Å². The average Bonchev–Trinajstić information content (AvgIpc) is 3.43. The molecule has 7 aromatic rings. The first kappa shape index (κ1) is 33.0. The maximum Gasteiger partial charge on any atom is 0.0798 e. The predicted molar refractivity (Wildman–Crippen MR) is 206 cm³/mol. The monoisotopic (exact) mass is 840 g/mol. The second-order valence-corrected chi connectivity index (χ2v) is 20.0. The van der Waals surface area contributed by atoms with Crippen molar-refractivity contribution in [1.82, 2.24) is 9.97 Å². The van der Waals surface area contributed by atoms with Crippen LogP contribution in [-0.4, -0.2) is 18.0 Å². The molecule has 5 heteroatoms. The van der Waals surface area contributed by atoms with Crippen LogP contribution in [0.4, 0.5) is 0 Å². The van der Waals surface area contributed by atoms with Crippen molar-refractivity contribution in [2.45, 2.75) is 65.6 Å². The molecule has 4 aromatic carbocycles. The van der Waals surface area contributed by atoms with Gasteiger partial charge in [-0.25, -0.2) is 0 Å². The first-order valence-electron chi connectivity index (χ1n) is 17.2. The number of hydrogen-bond donors (Lipinski definition) is 0. The summed E-state index contributed by atoms with van der Waals surface area (Å²) >= 11 is 1.84. The van der Waals surface area contributed by atoms with Gasteiger partial charge in [-0.2, -0.15) is 11.3 Å². The van der Waals surface area contributed by atoms with E-state index in [9.17, 15) is 0 Å². The van der Waals surface area contributed by atoms with Gasteiger partial charge in [-0.05, 0) is 82.2 Å². The van der Waals surface area contributed by atoms with Crippen LogP contribution < -0.4 is 5.19 Å². The minimum atomic E-state index is -1.27. The second-order valence-electron chi connectivity index (χ2n) is 14.0. The van der Waals surface area contributed by atoms with Gasteiger partial charge in [-0.3, -0.25) is 0 Å². The summed E-state index contributed by atoms with van der Waals surface area (Å²) in [5.41, 5.74) is 7.79. The second kappa shape index (κ2) is 14.2. The van der Waals surface area contributed by atoms with Crippen molar-refractivity contribution in [3.05, 3.63) is 126 Å². The molecule has 0 amide bonds. The fourth-order valence-electron chi connectivity index (χ4n) is 6.87. The van der Waals surface area contributed by atoms with Crippen LogP contribution in [0.25, 0.3) is 53.5 Å². The molecule has 1 aliphatic carbocycles. The van der Waals surface area contributed by atoms with E-state index in [1.165, 1.54) is 53.7 Å². The van der Waals surface area contributed by atoms with Gasteiger partial charge in [-0.1, -0.05) is 92.0 Å².